The predicted molar refractivity (Wildman–Crippen MR) is 170 cm³/mol. The Hall–Kier alpha value is -5.65. The van der Waals surface area contributed by atoms with Gasteiger partial charge >= 0.3 is 5.97 Å². The number of aromatic nitrogens is 5. The van der Waals surface area contributed by atoms with E-state index >= 15 is 8.78 Å². The third kappa shape index (κ3) is 6.85. The predicted octanol–water partition coefficient (Wildman–Crippen LogP) is 6.56. The smallest absolute Gasteiger partial charge is 0.335 e. The lowest BCUT2D eigenvalue weighted by atomic mass is 10.0. The molecule has 0 aliphatic carbocycles. The third-order valence-corrected chi connectivity index (χ3v) is 8.52. The Kier molecular flexibility index (Phi) is 8.77. The molecule has 49 heavy (non-hydrogen) atoms. The summed E-state index contributed by atoms with van der Waals surface area (Å²) in [5, 5.41) is 9.44. The number of thiazole rings is 1. The van der Waals surface area contributed by atoms with Gasteiger partial charge in [-0.3, -0.25) is 9.97 Å². The molecule has 1 aliphatic heterocycles. The Morgan fingerprint density at radius 3 is 2.61 bits per heavy atom. The molecule has 1 fully saturated rings. The van der Waals surface area contributed by atoms with Gasteiger partial charge in [0, 0.05) is 36.4 Å². The molecule has 1 saturated heterocycles. The van der Waals surface area contributed by atoms with Gasteiger partial charge in [0.2, 0.25) is 5.88 Å². The standard InChI is InChI=1S/C35H23F4N5O4S/c36-25-13-24(29-2-1-3-33(42-29)48-17-30-27(38)8-19(14-41-30)4-5-23-15-40-18-49-23)26(37)9-20(25)12-32-43-34-28(39)10-21(35(45)46)11-31(34)44(32)16-22-6-7-47-22/h1-3,8-11,13-15,18,22H,6-7,12,16-17H2,(H,45,46). The molecule has 246 valence electrons. The first-order valence-corrected chi connectivity index (χ1v) is 15.8. The van der Waals surface area contributed by atoms with Crippen molar-refractivity contribution in [3.63, 3.8) is 0 Å². The first-order valence-electron chi connectivity index (χ1n) is 14.9. The topological polar surface area (TPSA) is 112 Å². The second-order valence-electron chi connectivity index (χ2n) is 11.1. The van der Waals surface area contributed by atoms with Gasteiger partial charge in [0.25, 0.3) is 0 Å². The van der Waals surface area contributed by atoms with Crippen LogP contribution in [0.1, 0.15) is 44.3 Å². The maximum Gasteiger partial charge on any atom is 0.335 e. The van der Waals surface area contributed by atoms with Crippen LogP contribution in [0.25, 0.3) is 22.3 Å². The summed E-state index contributed by atoms with van der Waals surface area (Å²) in [6.07, 6.45) is 3.33. The van der Waals surface area contributed by atoms with Crippen LogP contribution in [0.4, 0.5) is 17.6 Å². The van der Waals surface area contributed by atoms with Crippen molar-refractivity contribution in [3.8, 4) is 29.0 Å². The lowest BCUT2D eigenvalue weighted by Gasteiger charge is -2.27. The second kappa shape index (κ2) is 13.5. The molecule has 5 heterocycles. The van der Waals surface area contributed by atoms with Crippen LogP contribution < -0.4 is 4.74 Å². The monoisotopic (exact) mass is 685 g/mol. The van der Waals surface area contributed by atoms with E-state index < -0.39 is 29.2 Å². The Morgan fingerprint density at radius 2 is 1.88 bits per heavy atom. The van der Waals surface area contributed by atoms with Gasteiger partial charge in [0.15, 0.2) is 5.82 Å². The van der Waals surface area contributed by atoms with Crippen LogP contribution in [0, 0.1) is 35.1 Å². The first-order chi connectivity index (χ1) is 23.7. The van der Waals surface area contributed by atoms with Crippen molar-refractivity contribution in [3.05, 3.63) is 123 Å². The van der Waals surface area contributed by atoms with E-state index in [1.54, 1.807) is 16.3 Å². The van der Waals surface area contributed by atoms with Crippen LogP contribution in [-0.2, 0) is 24.3 Å². The molecule has 0 spiro atoms. The number of benzene rings is 2. The Bertz CT molecular complexity index is 2280. The van der Waals surface area contributed by atoms with Gasteiger partial charge in [0.05, 0.1) is 46.0 Å². The molecule has 1 N–H and O–H groups in total. The highest BCUT2D eigenvalue weighted by atomic mass is 32.1. The number of aromatic carboxylic acids is 1. The lowest BCUT2D eigenvalue weighted by Crippen LogP contribution is -2.31. The molecular weight excluding hydrogens is 662 g/mol. The molecule has 0 saturated carbocycles. The van der Waals surface area contributed by atoms with Gasteiger partial charge in [-0.15, -0.1) is 11.3 Å². The van der Waals surface area contributed by atoms with Gasteiger partial charge in [-0.1, -0.05) is 12.0 Å². The molecule has 0 bridgehead atoms. The minimum absolute atomic E-state index is 0.00563. The molecule has 4 aromatic heterocycles. The molecule has 1 unspecified atom stereocenters. The fourth-order valence-electron chi connectivity index (χ4n) is 5.25. The SMILES string of the molecule is O=C(O)c1cc(F)c2nc(Cc3cc(F)c(-c4cccc(OCc5ncc(C#Cc6cncs6)cc5F)n4)cc3F)n(CC3CCO3)c2c1. The molecule has 6 aromatic rings. The van der Waals surface area contributed by atoms with Crippen molar-refractivity contribution in [2.24, 2.45) is 0 Å². The second-order valence-corrected chi connectivity index (χ2v) is 12.0. The number of pyridine rings is 2. The maximum absolute atomic E-state index is 15.6. The molecule has 0 amide bonds. The highest BCUT2D eigenvalue weighted by Crippen LogP contribution is 2.30. The number of imidazole rings is 1. The number of carboxylic acids is 1. The molecule has 0 radical (unpaired) electrons. The van der Waals surface area contributed by atoms with Crippen LogP contribution in [0.15, 0.2) is 66.4 Å². The van der Waals surface area contributed by atoms with E-state index in [9.17, 15) is 18.7 Å². The summed E-state index contributed by atoms with van der Waals surface area (Å²) in [5.74, 6) is 1.62. The Morgan fingerprint density at radius 1 is 1.02 bits per heavy atom. The normalized spacial score (nSPS) is 13.9. The summed E-state index contributed by atoms with van der Waals surface area (Å²) >= 11 is 1.36. The van der Waals surface area contributed by atoms with Crippen molar-refractivity contribution >= 4 is 28.3 Å². The fourth-order valence-corrected chi connectivity index (χ4v) is 5.72. The van der Waals surface area contributed by atoms with E-state index in [1.807, 2.05) is 0 Å². The van der Waals surface area contributed by atoms with E-state index in [-0.39, 0.29) is 76.5 Å². The number of rotatable bonds is 9. The zero-order valence-electron chi connectivity index (χ0n) is 25.3. The van der Waals surface area contributed by atoms with Crippen LogP contribution in [0.2, 0.25) is 0 Å². The molecule has 1 atom stereocenters. The van der Waals surface area contributed by atoms with E-state index in [4.69, 9.17) is 9.47 Å². The number of halogens is 4. The van der Waals surface area contributed by atoms with Crippen molar-refractivity contribution in [2.45, 2.75) is 32.1 Å². The number of hydrogen-bond acceptors (Lipinski definition) is 8. The molecular formula is C35H23F4N5O4S. The molecule has 1 aliphatic rings. The number of carbonyl (C=O) groups is 1. The van der Waals surface area contributed by atoms with Crippen molar-refractivity contribution < 1.29 is 36.9 Å². The van der Waals surface area contributed by atoms with Crippen molar-refractivity contribution in [1.29, 1.82) is 0 Å². The largest absolute Gasteiger partial charge is 0.478 e. The van der Waals surface area contributed by atoms with Gasteiger partial charge < -0.3 is 19.1 Å². The molecule has 2 aromatic carbocycles. The average Bonchev–Trinajstić information content (AvgIpc) is 3.71. The number of nitrogens with zero attached hydrogens (tertiary/aromatic N) is 5. The van der Waals surface area contributed by atoms with E-state index in [0.29, 0.717) is 12.2 Å². The number of hydrogen-bond donors (Lipinski definition) is 1. The minimum atomic E-state index is -1.31. The van der Waals surface area contributed by atoms with Gasteiger partial charge in [-0.25, -0.2) is 32.3 Å². The fraction of sp³-hybridized carbons (Fsp3) is 0.171. The van der Waals surface area contributed by atoms with Gasteiger partial charge in [-0.05, 0) is 54.3 Å². The summed E-state index contributed by atoms with van der Waals surface area (Å²) in [4.78, 5) is 29.0. The van der Waals surface area contributed by atoms with Crippen molar-refractivity contribution in [1.82, 2.24) is 24.5 Å². The van der Waals surface area contributed by atoms with Gasteiger partial charge in [-0.2, -0.15) is 0 Å². The maximum atomic E-state index is 15.6. The number of carboxylic acid groups (broad SMARTS) is 1. The minimum Gasteiger partial charge on any atom is -0.478 e. The molecule has 7 rings (SSSR count). The zero-order valence-corrected chi connectivity index (χ0v) is 26.1. The molecule has 9 nitrogen and oxygen atoms in total. The first kappa shape index (κ1) is 31.9. The van der Waals surface area contributed by atoms with E-state index in [2.05, 4.69) is 31.8 Å². The van der Waals surface area contributed by atoms with Crippen molar-refractivity contribution in [2.75, 3.05) is 6.61 Å². The number of fused-ring (bicyclic) bond motifs is 1. The Labute approximate surface area is 279 Å². The molecule has 14 heteroatoms. The number of ether oxygens (including phenoxy) is 2. The quantitative estimate of drug-likeness (QED) is 0.135. The summed E-state index contributed by atoms with van der Waals surface area (Å²) < 4.78 is 73.4. The van der Waals surface area contributed by atoms with Crippen LogP contribution >= 0.6 is 11.3 Å². The van der Waals surface area contributed by atoms with Gasteiger partial charge in [0.1, 0.15) is 41.1 Å². The summed E-state index contributed by atoms with van der Waals surface area (Å²) in [6, 6.07) is 9.92. The average molecular weight is 686 g/mol. The summed E-state index contributed by atoms with van der Waals surface area (Å²) in [5.41, 5.74) is 1.77. The lowest BCUT2D eigenvalue weighted by molar-refractivity contribution is -0.0589. The Balaban J connectivity index is 1.10. The van der Waals surface area contributed by atoms with Crippen LogP contribution in [-0.4, -0.2) is 48.3 Å². The third-order valence-electron chi connectivity index (χ3n) is 7.83. The highest BCUT2D eigenvalue weighted by Gasteiger charge is 2.25. The highest BCUT2D eigenvalue weighted by molar-refractivity contribution is 7.10. The zero-order chi connectivity index (χ0) is 34.1. The summed E-state index contributed by atoms with van der Waals surface area (Å²) in [6.45, 7) is 0.509. The summed E-state index contributed by atoms with van der Waals surface area (Å²) in [7, 11) is 0. The van der Waals surface area contributed by atoms with Crippen LogP contribution in [0.5, 0.6) is 5.88 Å². The van der Waals surface area contributed by atoms with E-state index in [0.717, 1.165) is 29.5 Å². The van der Waals surface area contributed by atoms with Crippen LogP contribution in [0.3, 0.4) is 0 Å². The van der Waals surface area contributed by atoms with E-state index in [1.165, 1.54) is 47.9 Å².